The van der Waals surface area contributed by atoms with Gasteiger partial charge in [-0.05, 0) is 18.9 Å². The predicted molar refractivity (Wildman–Crippen MR) is 72.3 cm³/mol. The summed E-state index contributed by atoms with van der Waals surface area (Å²) in [6, 6.07) is -0.376. The van der Waals surface area contributed by atoms with Gasteiger partial charge in [-0.15, -0.1) is 0 Å². The van der Waals surface area contributed by atoms with Gasteiger partial charge in [-0.25, -0.2) is 0 Å². The van der Waals surface area contributed by atoms with Crippen LogP contribution >= 0.6 is 0 Å². The molecule has 1 unspecified atom stereocenters. The highest BCUT2D eigenvalue weighted by atomic mass is 16.5. The van der Waals surface area contributed by atoms with Crippen molar-refractivity contribution in [3.63, 3.8) is 0 Å². The van der Waals surface area contributed by atoms with E-state index in [1.807, 2.05) is 6.92 Å². The lowest BCUT2D eigenvalue weighted by atomic mass is 9.99. The van der Waals surface area contributed by atoms with Crippen molar-refractivity contribution in [3.8, 4) is 0 Å². The second-order valence-corrected chi connectivity index (χ2v) is 5.01. The van der Waals surface area contributed by atoms with E-state index in [9.17, 15) is 4.79 Å². The zero-order valence-electron chi connectivity index (χ0n) is 11.7. The second kappa shape index (κ2) is 8.45. The van der Waals surface area contributed by atoms with Gasteiger partial charge in [-0.2, -0.15) is 0 Å². The molecule has 0 aliphatic carbocycles. The lowest BCUT2D eigenvalue weighted by Gasteiger charge is -2.26. The molecule has 0 aromatic rings. The molecule has 1 heterocycles. The fraction of sp³-hybridized carbons (Fsp3) is 0.923. The van der Waals surface area contributed by atoms with E-state index in [0.717, 1.165) is 45.7 Å². The first-order valence-corrected chi connectivity index (χ1v) is 6.98. The van der Waals surface area contributed by atoms with Crippen LogP contribution in [0.2, 0.25) is 0 Å². The van der Waals surface area contributed by atoms with Crippen molar-refractivity contribution in [2.45, 2.75) is 32.7 Å². The molecule has 18 heavy (non-hydrogen) atoms. The lowest BCUT2D eigenvalue weighted by Crippen LogP contribution is -2.45. The molecule has 0 aromatic heterocycles. The van der Waals surface area contributed by atoms with E-state index in [1.165, 1.54) is 0 Å². The minimum Gasteiger partial charge on any atom is -0.379 e. The maximum Gasteiger partial charge on any atom is 0.237 e. The Morgan fingerprint density at radius 2 is 2.11 bits per heavy atom. The van der Waals surface area contributed by atoms with E-state index in [2.05, 4.69) is 17.1 Å². The van der Waals surface area contributed by atoms with Crippen molar-refractivity contribution >= 4 is 5.91 Å². The number of nitrogens with zero attached hydrogens (tertiary/aromatic N) is 1. The number of hydrogen-bond donors (Lipinski definition) is 2. The normalized spacial score (nSPS) is 20.4. The molecule has 1 fully saturated rings. The van der Waals surface area contributed by atoms with Gasteiger partial charge in [-0.3, -0.25) is 9.69 Å². The number of morpholine rings is 1. The van der Waals surface area contributed by atoms with Crippen molar-refractivity contribution in [1.82, 2.24) is 10.2 Å². The first-order chi connectivity index (χ1) is 8.65. The molecule has 1 aliphatic heterocycles. The summed E-state index contributed by atoms with van der Waals surface area (Å²) >= 11 is 0. The van der Waals surface area contributed by atoms with E-state index >= 15 is 0 Å². The van der Waals surface area contributed by atoms with E-state index in [1.54, 1.807) is 0 Å². The summed E-state index contributed by atoms with van der Waals surface area (Å²) in [5.41, 5.74) is 5.86. The lowest BCUT2D eigenvalue weighted by molar-refractivity contribution is -0.123. The Labute approximate surface area is 110 Å². The van der Waals surface area contributed by atoms with Crippen LogP contribution in [-0.4, -0.2) is 56.2 Å². The summed E-state index contributed by atoms with van der Waals surface area (Å²) in [7, 11) is 0. The van der Waals surface area contributed by atoms with Crippen molar-refractivity contribution < 1.29 is 9.53 Å². The topological polar surface area (TPSA) is 67.6 Å². The van der Waals surface area contributed by atoms with Gasteiger partial charge in [0.1, 0.15) is 0 Å². The molecule has 1 saturated heterocycles. The highest BCUT2D eigenvalue weighted by Gasteiger charge is 2.18. The third kappa shape index (κ3) is 5.33. The van der Waals surface area contributed by atoms with Crippen molar-refractivity contribution in [2.24, 2.45) is 11.7 Å². The molecule has 5 nitrogen and oxygen atoms in total. The van der Waals surface area contributed by atoms with Crippen LogP contribution in [0.5, 0.6) is 0 Å². The van der Waals surface area contributed by atoms with Gasteiger partial charge in [0, 0.05) is 19.6 Å². The number of nitrogens with two attached hydrogens (primary N) is 1. The van der Waals surface area contributed by atoms with Gasteiger partial charge >= 0.3 is 0 Å². The molecular formula is C13H27N3O2. The van der Waals surface area contributed by atoms with Gasteiger partial charge in [0.25, 0.3) is 0 Å². The van der Waals surface area contributed by atoms with Crippen molar-refractivity contribution in [2.75, 3.05) is 39.4 Å². The zero-order valence-corrected chi connectivity index (χ0v) is 11.7. The summed E-state index contributed by atoms with van der Waals surface area (Å²) in [6.07, 6.45) is 1.90. The van der Waals surface area contributed by atoms with Crippen LogP contribution in [0.25, 0.3) is 0 Å². The molecule has 0 spiro atoms. The highest BCUT2D eigenvalue weighted by molar-refractivity contribution is 5.81. The average Bonchev–Trinajstić information content (AvgIpc) is 2.42. The van der Waals surface area contributed by atoms with Crippen LogP contribution in [0.15, 0.2) is 0 Å². The number of amides is 1. The molecule has 0 bridgehead atoms. The smallest absolute Gasteiger partial charge is 0.237 e. The Morgan fingerprint density at radius 1 is 1.44 bits per heavy atom. The van der Waals surface area contributed by atoms with Gasteiger partial charge in [-0.1, -0.05) is 20.3 Å². The first kappa shape index (κ1) is 15.4. The van der Waals surface area contributed by atoms with E-state index in [0.29, 0.717) is 6.54 Å². The van der Waals surface area contributed by atoms with Crippen molar-refractivity contribution in [1.29, 1.82) is 0 Å². The maximum atomic E-state index is 11.7. The molecule has 2 atom stereocenters. The molecule has 106 valence electrons. The third-order valence-electron chi connectivity index (χ3n) is 3.61. The largest absolute Gasteiger partial charge is 0.379 e. The number of ether oxygens (including phenoxy) is 1. The summed E-state index contributed by atoms with van der Waals surface area (Å²) in [5.74, 6) is 0.218. The third-order valence-corrected chi connectivity index (χ3v) is 3.61. The molecule has 0 radical (unpaired) electrons. The number of nitrogens with one attached hydrogen (secondary N) is 1. The Bertz CT molecular complexity index is 242. The quantitative estimate of drug-likeness (QED) is 0.639. The van der Waals surface area contributed by atoms with Crippen molar-refractivity contribution in [3.05, 3.63) is 0 Å². The Hall–Kier alpha value is -0.650. The van der Waals surface area contributed by atoms with E-state index in [4.69, 9.17) is 10.5 Å². The molecule has 5 heteroatoms. The van der Waals surface area contributed by atoms with Gasteiger partial charge in [0.15, 0.2) is 0 Å². The number of hydrogen-bond acceptors (Lipinski definition) is 4. The first-order valence-electron chi connectivity index (χ1n) is 6.98. The standard InChI is InChI=1S/C13H27N3O2/c1-3-11(2)12(14)13(17)15-5-4-6-16-7-9-18-10-8-16/h11-12H,3-10,14H2,1-2H3,(H,15,17)/t11?,12-/m0/s1. The van der Waals surface area contributed by atoms with Gasteiger partial charge in [0.2, 0.25) is 5.91 Å². The Balaban J connectivity index is 2.07. The number of carbonyl (C=O) groups is 1. The zero-order chi connectivity index (χ0) is 13.4. The molecule has 1 rings (SSSR count). The SMILES string of the molecule is CCC(C)[C@H](N)C(=O)NCCCN1CCOCC1. The van der Waals surface area contributed by atoms with Crippen LogP contribution < -0.4 is 11.1 Å². The predicted octanol–water partition coefficient (Wildman–Crippen LogP) is 0.198. The molecule has 3 N–H and O–H groups in total. The maximum absolute atomic E-state index is 11.7. The fourth-order valence-corrected chi connectivity index (χ4v) is 1.97. The van der Waals surface area contributed by atoms with Gasteiger partial charge < -0.3 is 15.8 Å². The van der Waals surface area contributed by atoms with E-state index < -0.39 is 0 Å². The van der Waals surface area contributed by atoms with E-state index in [-0.39, 0.29) is 17.9 Å². The molecular weight excluding hydrogens is 230 g/mol. The van der Waals surface area contributed by atoms with Crippen LogP contribution in [0.1, 0.15) is 26.7 Å². The molecule has 0 aromatic carbocycles. The Morgan fingerprint density at radius 3 is 2.72 bits per heavy atom. The van der Waals surface area contributed by atoms with Crippen LogP contribution in [0.4, 0.5) is 0 Å². The summed E-state index contributed by atoms with van der Waals surface area (Å²) in [6.45, 7) is 9.44. The minimum absolute atomic E-state index is 0.0219. The minimum atomic E-state index is -0.376. The van der Waals surface area contributed by atoms with Crippen LogP contribution in [0, 0.1) is 5.92 Å². The highest BCUT2D eigenvalue weighted by Crippen LogP contribution is 2.05. The molecule has 1 amide bonds. The Kier molecular flexibility index (Phi) is 7.23. The molecule has 1 aliphatic rings. The molecule has 0 saturated carbocycles. The average molecular weight is 257 g/mol. The van der Waals surface area contributed by atoms with Gasteiger partial charge in [0.05, 0.1) is 19.3 Å². The number of carbonyl (C=O) groups excluding carboxylic acids is 1. The van der Waals surface area contributed by atoms with Crippen LogP contribution in [-0.2, 0) is 9.53 Å². The summed E-state index contributed by atoms with van der Waals surface area (Å²) in [4.78, 5) is 14.1. The number of rotatable bonds is 7. The monoisotopic (exact) mass is 257 g/mol. The summed E-state index contributed by atoms with van der Waals surface area (Å²) < 4.78 is 5.29. The fourth-order valence-electron chi connectivity index (χ4n) is 1.97. The van der Waals surface area contributed by atoms with Crippen LogP contribution in [0.3, 0.4) is 0 Å². The second-order valence-electron chi connectivity index (χ2n) is 5.01. The summed E-state index contributed by atoms with van der Waals surface area (Å²) in [5, 5.41) is 2.92.